The third-order valence-corrected chi connectivity index (χ3v) is 7.16. The number of alkyl halides is 2. The van der Waals surface area contributed by atoms with Crippen LogP contribution in [0.3, 0.4) is 0 Å². The first-order valence-electron chi connectivity index (χ1n) is 13.6. The Morgan fingerprint density at radius 3 is 2.00 bits per heavy atom. The molecule has 3 aromatic carbocycles. The van der Waals surface area contributed by atoms with Crippen LogP contribution in [0.5, 0.6) is 5.75 Å². The van der Waals surface area contributed by atoms with E-state index in [4.69, 9.17) is 4.74 Å². The number of ether oxygens (including phenoxy) is 1. The van der Waals surface area contributed by atoms with E-state index in [2.05, 4.69) is 19.1 Å². The fraction of sp³-hybridized carbons (Fsp3) is 0.438. The Hall–Kier alpha value is -2.75. The van der Waals surface area contributed by atoms with Crippen LogP contribution in [0.25, 0.3) is 22.3 Å². The maximum atomic E-state index is 15.0. The Morgan fingerprint density at radius 2 is 1.31 bits per heavy atom. The lowest BCUT2D eigenvalue weighted by Crippen LogP contribution is -2.27. The van der Waals surface area contributed by atoms with E-state index in [9.17, 15) is 4.39 Å². The number of rotatable bonds is 12. The molecule has 0 spiro atoms. The number of fused-ring (bicyclic) bond motifs is 3. The van der Waals surface area contributed by atoms with Crippen LogP contribution in [0.15, 0.2) is 54.6 Å². The highest BCUT2D eigenvalue weighted by Crippen LogP contribution is 2.49. The molecular formula is C32H37F3O. The van der Waals surface area contributed by atoms with E-state index < -0.39 is 11.9 Å². The molecule has 192 valence electrons. The molecule has 1 aliphatic heterocycles. The summed E-state index contributed by atoms with van der Waals surface area (Å²) in [5.74, 6) is -1.03. The minimum Gasteiger partial charge on any atom is -0.425 e. The number of benzene rings is 3. The predicted octanol–water partition coefficient (Wildman–Crippen LogP) is 10.2. The zero-order valence-corrected chi connectivity index (χ0v) is 21.5. The summed E-state index contributed by atoms with van der Waals surface area (Å²) in [7, 11) is 0. The molecule has 3 aromatic rings. The van der Waals surface area contributed by atoms with Gasteiger partial charge in [-0.15, -0.1) is 0 Å². The van der Waals surface area contributed by atoms with E-state index in [0.717, 1.165) is 18.4 Å². The van der Waals surface area contributed by atoms with Crippen LogP contribution < -0.4 is 4.74 Å². The molecule has 1 aliphatic rings. The molecule has 0 aromatic heterocycles. The first-order chi connectivity index (χ1) is 17.4. The minimum atomic E-state index is -3.60. The summed E-state index contributed by atoms with van der Waals surface area (Å²) in [4.78, 5) is 0. The number of unbranched alkanes of at least 4 members (excludes halogenated alkanes) is 7. The monoisotopic (exact) mass is 494 g/mol. The van der Waals surface area contributed by atoms with Crippen molar-refractivity contribution in [2.45, 2.75) is 90.6 Å². The van der Waals surface area contributed by atoms with Crippen molar-refractivity contribution < 1.29 is 17.9 Å². The van der Waals surface area contributed by atoms with Crippen molar-refractivity contribution in [3.8, 4) is 28.0 Å². The van der Waals surface area contributed by atoms with E-state index in [-0.39, 0.29) is 11.3 Å². The van der Waals surface area contributed by atoms with Gasteiger partial charge in [-0.3, -0.25) is 0 Å². The fourth-order valence-corrected chi connectivity index (χ4v) is 5.08. The van der Waals surface area contributed by atoms with Gasteiger partial charge in [0, 0.05) is 5.56 Å². The zero-order chi connectivity index (χ0) is 25.5. The average Bonchev–Trinajstić information content (AvgIpc) is 2.88. The summed E-state index contributed by atoms with van der Waals surface area (Å²) in [6.45, 7) is 4.17. The van der Waals surface area contributed by atoms with Crippen molar-refractivity contribution in [3.05, 3.63) is 77.1 Å². The van der Waals surface area contributed by atoms with Gasteiger partial charge in [-0.25, -0.2) is 4.39 Å². The molecule has 0 saturated carbocycles. The van der Waals surface area contributed by atoms with Gasteiger partial charge < -0.3 is 4.74 Å². The second-order valence-electron chi connectivity index (χ2n) is 9.97. The predicted molar refractivity (Wildman–Crippen MR) is 142 cm³/mol. The van der Waals surface area contributed by atoms with E-state index in [1.54, 1.807) is 18.2 Å². The molecule has 36 heavy (non-hydrogen) atoms. The Kier molecular flexibility index (Phi) is 8.77. The highest BCUT2D eigenvalue weighted by molar-refractivity contribution is 5.80. The highest BCUT2D eigenvalue weighted by Gasteiger charge is 2.43. The van der Waals surface area contributed by atoms with Crippen molar-refractivity contribution in [2.24, 2.45) is 0 Å². The third-order valence-electron chi connectivity index (χ3n) is 7.16. The largest absolute Gasteiger partial charge is 0.427 e. The lowest BCUT2D eigenvalue weighted by atomic mass is 9.90. The topological polar surface area (TPSA) is 9.23 Å². The van der Waals surface area contributed by atoms with Gasteiger partial charge in [-0.1, -0.05) is 114 Å². The summed E-state index contributed by atoms with van der Waals surface area (Å²) < 4.78 is 49.9. The molecule has 0 saturated heterocycles. The lowest BCUT2D eigenvalue weighted by molar-refractivity contribution is -0.188. The number of aryl methyl sites for hydroxylation is 2. The van der Waals surface area contributed by atoms with Crippen LogP contribution in [0.1, 0.15) is 88.3 Å². The first kappa shape index (κ1) is 26.3. The molecule has 0 fully saturated rings. The summed E-state index contributed by atoms with van der Waals surface area (Å²) in [6.07, 6.45) is 8.99. The number of hydrogen-bond acceptors (Lipinski definition) is 1. The standard InChI is InChI=1S/C32H37F3O/c1-3-5-6-7-8-9-10-11-13-23-14-16-24(17-15-23)26-19-20-27-28-21-18-25(12-4-2)30(33)31(28)36-32(34,35)29(27)22-26/h14-22H,3-13H2,1-2H3. The summed E-state index contributed by atoms with van der Waals surface area (Å²) in [5.41, 5.74) is 3.71. The second kappa shape index (κ2) is 12.0. The second-order valence-corrected chi connectivity index (χ2v) is 9.97. The van der Waals surface area contributed by atoms with Crippen LogP contribution in [0.4, 0.5) is 13.2 Å². The van der Waals surface area contributed by atoms with Crippen LogP contribution >= 0.6 is 0 Å². The van der Waals surface area contributed by atoms with Gasteiger partial charge >= 0.3 is 6.11 Å². The maximum Gasteiger partial charge on any atom is 0.427 e. The molecule has 4 rings (SSSR count). The quantitative estimate of drug-likeness (QED) is 0.228. The Balaban J connectivity index is 1.45. The molecule has 0 amide bonds. The molecule has 0 unspecified atom stereocenters. The summed E-state index contributed by atoms with van der Waals surface area (Å²) >= 11 is 0. The van der Waals surface area contributed by atoms with Gasteiger partial charge in [-0.05, 0) is 53.1 Å². The highest BCUT2D eigenvalue weighted by atomic mass is 19.3. The van der Waals surface area contributed by atoms with Gasteiger partial charge in [0.2, 0.25) is 0 Å². The maximum absolute atomic E-state index is 15.0. The third kappa shape index (κ3) is 5.96. The van der Waals surface area contributed by atoms with Crippen molar-refractivity contribution >= 4 is 0 Å². The molecule has 0 radical (unpaired) electrons. The molecule has 1 heterocycles. The van der Waals surface area contributed by atoms with Gasteiger partial charge in [0.25, 0.3) is 0 Å². The van der Waals surface area contributed by atoms with Crippen LogP contribution in [0.2, 0.25) is 0 Å². The number of halogens is 3. The lowest BCUT2D eigenvalue weighted by Gasteiger charge is -2.29. The zero-order valence-electron chi connectivity index (χ0n) is 21.5. The van der Waals surface area contributed by atoms with Crippen LogP contribution in [0, 0.1) is 5.82 Å². The van der Waals surface area contributed by atoms with Crippen molar-refractivity contribution in [3.63, 3.8) is 0 Å². The molecule has 0 N–H and O–H groups in total. The summed E-state index contributed by atoms with van der Waals surface area (Å²) in [6, 6.07) is 16.5. The first-order valence-corrected chi connectivity index (χ1v) is 13.6. The van der Waals surface area contributed by atoms with Gasteiger partial charge in [-0.2, -0.15) is 8.78 Å². The van der Waals surface area contributed by atoms with E-state index >= 15 is 8.78 Å². The smallest absolute Gasteiger partial charge is 0.425 e. The SMILES string of the molecule is CCCCCCCCCCc1ccc(-c2ccc3c(c2)C(F)(F)Oc2c-3ccc(CCC)c2F)cc1. The van der Waals surface area contributed by atoms with E-state index in [1.807, 2.05) is 25.1 Å². The normalized spacial score (nSPS) is 13.7. The van der Waals surface area contributed by atoms with Gasteiger partial charge in [0.05, 0.1) is 5.56 Å². The van der Waals surface area contributed by atoms with E-state index in [1.165, 1.54) is 63.0 Å². The van der Waals surface area contributed by atoms with Gasteiger partial charge in [0.15, 0.2) is 11.6 Å². The molecule has 1 nitrogen and oxygen atoms in total. The van der Waals surface area contributed by atoms with Gasteiger partial charge in [0.1, 0.15) is 0 Å². The van der Waals surface area contributed by atoms with Crippen molar-refractivity contribution in [1.29, 1.82) is 0 Å². The van der Waals surface area contributed by atoms with Crippen LogP contribution in [-0.2, 0) is 19.0 Å². The molecule has 4 heteroatoms. The average molecular weight is 495 g/mol. The molecular weight excluding hydrogens is 457 g/mol. The summed E-state index contributed by atoms with van der Waals surface area (Å²) in [5, 5.41) is 0. The fourth-order valence-electron chi connectivity index (χ4n) is 5.08. The van der Waals surface area contributed by atoms with Crippen molar-refractivity contribution in [2.75, 3.05) is 0 Å². The minimum absolute atomic E-state index is 0.224. The van der Waals surface area contributed by atoms with Crippen molar-refractivity contribution in [1.82, 2.24) is 0 Å². The Bertz CT molecular complexity index is 1150. The molecule has 0 bridgehead atoms. The Morgan fingerprint density at radius 1 is 0.667 bits per heavy atom. The molecule has 0 atom stereocenters. The van der Waals surface area contributed by atoms with Crippen LogP contribution in [-0.4, -0.2) is 0 Å². The van der Waals surface area contributed by atoms with E-state index in [0.29, 0.717) is 28.7 Å². The Labute approximate surface area is 213 Å². The molecule has 0 aliphatic carbocycles. The number of hydrogen-bond donors (Lipinski definition) is 0.